The number of hydrogen-bond acceptors (Lipinski definition) is 9. The normalized spacial score (nSPS) is 11.5. The van der Waals surface area contributed by atoms with Gasteiger partial charge in [-0.3, -0.25) is 25.0 Å². The quantitative estimate of drug-likeness (QED) is 0.216. The van der Waals surface area contributed by atoms with E-state index in [1.54, 1.807) is 23.1 Å². The van der Waals surface area contributed by atoms with Crippen molar-refractivity contribution in [2.24, 2.45) is 0 Å². The van der Waals surface area contributed by atoms with E-state index in [1.165, 1.54) is 36.4 Å². The van der Waals surface area contributed by atoms with Crippen LogP contribution in [0.25, 0.3) is 0 Å². The first kappa shape index (κ1) is 27.4. The van der Waals surface area contributed by atoms with Gasteiger partial charge in [0.15, 0.2) is 0 Å². The van der Waals surface area contributed by atoms with Crippen molar-refractivity contribution in [1.29, 1.82) is 0 Å². The number of carbonyl (C=O) groups is 3. The van der Waals surface area contributed by atoms with Gasteiger partial charge in [0.1, 0.15) is 17.7 Å². The van der Waals surface area contributed by atoms with Crippen LogP contribution in [0, 0.1) is 0 Å². The van der Waals surface area contributed by atoms with Crippen LogP contribution in [0.3, 0.4) is 0 Å². The monoisotopic (exact) mass is 509 g/mol. The molecule has 2 aromatic carbocycles. The third-order valence-electron chi connectivity index (χ3n) is 5.47. The Morgan fingerprint density at radius 1 is 0.757 bits per heavy atom. The smallest absolute Gasteiger partial charge is 0.275 e. The molecule has 37 heavy (non-hydrogen) atoms. The van der Waals surface area contributed by atoms with Crippen molar-refractivity contribution < 1.29 is 34.8 Å². The van der Waals surface area contributed by atoms with Gasteiger partial charge in [0.2, 0.25) is 0 Å². The molecule has 194 valence electrons. The molecule has 0 radical (unpaired) electrons. The zero-order valence-corrected chi connectivity index (χ0v) is 20.1. The fourth-order valence-corrected chi connectivity index (χ4v) is 3.40. The Kier molecular flexibility index (Phi) is 8.30. The van der Waals surface area contributed by atoms with Crippen molar-refractivity contribution in [3.8, 4) is 0 Å². The van der Waals surface area contributed by atoms with E-state index in [0.717, 1.165) is 12.4 Å². The molecule has 0 spiro atoms. The van der Waals surface area contributed by atoms with Gasteiger partial charge in [-0.15, -0.1) is 0 Å². The molecule has 6 N–H and O–H groups in total. The lowest BCUT2D eigenvalue weighted by Gasteiger charge is -2.24. The van der Waals surface area contributed by atoms with Crippen molar-refractivity contribution in [3.05, 3.63) is 95.1 Å². The average molecular weight is 510 g/mol. The third-order valence-corrected chi connectivity index (χ3v) is 5.47. The largest absolute Gasteiger partial charge is 0.345 e. The van der Waals surface area contributed by atoms with Crippen molar-refractivity contribution in [3.63, 3.8) is 0 Å². The number of aromatic nitrogens is 2. The minimum atomic E-state index is -2.83. The summed E-state index contributed by atoms with van der Waals surface area (Å²) >= 11 is 0. The molecule has 0 atom stereocenters. The van der Waals surface area contributed by atoms with E-state index in [9.17, 15) is 34.8 Å². The summed E-state index contributed by atoms with van der Waals surface area (Å²) in [6.07, 6.45) is 0.882. The third kappa shape index (κ3) is 6.51. The summed E-state index contributed by atoms with van der Waals surface area (Å²) in [5, 5.41) is 45.2. The van der Waals surface area contributed by atoms with Crippen LogP contribution >= 0.6 is 0 Å². The van der Waals surface area contributed by atoms with Gasteiger partial charge in [-0.05, 0) is 26.0 Å². The molecule has 3 amide bonds. The second-order valence-corrected chi connectivity index (χ2v) is 7.96. The summed E-state index contributed by atoms with van der Waals surface area (Å²) in [4.78, 5) is 46.6. The Labute approximate surface area is 212 Å². The van der Waals surface area contributed by atoms with Crippen molar-refractivity contribution >= 4 is 17.7 Å². The molecule has 0 aliphatic heterocycles. The molecule has 12 heteroatoms. The average Bonchev–Trinajstić information content (AvgIpc) is 2.89. The van der Waals surface area contributed by atoms with Gasteiger partial charge in [-0.1, -0.05) is 42.5 Å². The summed E-state index contributed by atoms with van der Waals surface area (Å²) in [6, 6.07) is 13.8. The maximum Gasteiger partial charge on any atom is 0.275 e. The number of nitrogens with one attached hydrogen (secondary N) is 2. The van der Waals surface area contributed by atoms with Crippen LogP contribution in [-0.2, 0) is 11.8 Å². The molecule has 0 aliphatic carbocycles. The first-order valence-electron chi connectivity index (χ1n) is 11.3. The number of benzene rings is 2. The summed E-state index contributed by atoms with van der Waals surface area (Å²) in [7, 11) is 0. The van der Waals surface area contributed by atoms with Gasteiger partial charge in [0.05, 0.1) is 0 Å². The number of nitrogens with zero attached hydrogens (tertiary/aromatic N) is 3. The highest BCUT2D eigenvalue weighted by Gasteiger charge is 2.31. The molecule has 1 heterocycles. The Morgan fingerprint density at radius 2 is 1.22 bits per heavy atom. The lowest BCUT2D eigenvalue weighted by molar-refractivity contribution is -0.186. The number of carbonyl (C=O) groups excluding carboxylic acids is 3. The molecule has 0 bridgehead atoms. The molecular formula is C25H27N5O7. The molecule has 3 aromatic rings. The molecule has 0 unspecified atom stereocenters. The number of aliphatic hydroxyl groups is 4. The van der Waals surface area contributed by atoms with E-state index in [-0.39, 0.29) is 22.7 Å². The maximum absolute atomic E-state index is 12.6. The predicted molar refractivity (Wildman–Crippen MR) is 129 cm³/mol. The molecule has 0 fully saturated rings. The summed E-state index contributed by atoms with van der Waals surface area (Å²) in [5.41, 5.74) is -0.588. The molecule has 0 saturated carbocycles. The number of rotatable bonds is 9. The van der Waals surface area contributed by atoms with Crippen molar-refractivity contribution in [2.45, 2.75) is 25.7 Å². The molecule has 0 saturated heterocycles. The van der Waals surface area contributed by atoms with Gasteiger partial charge in [-0.25, -0.2) is 9.97 Å². The highest BCUT2D eigenvalue weighted by atomic mass is 16.5. The topological polar surface area (TPSA) is 185 Å². The lowest BCUT2D eigenvalue weighted by Crippen LogP contribution is -2.47. The summed E-state index contributed by atoms with van der Waals surface area (Å²) in [6.45, 7) is 4.71. The summed E-state index contributed by atoms with van der Waals surface area (Å²) < 4.78 is 0. The fourth-order valence-electron chi connectivity index (χ4n) is 3.40. The fraction of sp³-hybridized carbons (Fsp3) is 0.240. The van der Waals surface area contributed by atoms with E-state index in [2.05, 4.69) is 9.97 Å². The van der Waals surface area contributed by atoms with Gasteiger partial charge >= 0.3 is 0 Å². The Bertz CT molecular complexity index is 1260. The minimum Gasteiger partial charge on any atom is -0.345 e. The van der Waals surface area contributed by atoms with Crippen LogP contribution in [0.1, 0.15) is 56.3 Å². The van der Waals surface area contributed by atoms with E-state index >= 15 is 0 Å². The van der Waals surface area contributed by atoms with Crippen LogP contribution in [0.4, 0.5) is 0 Å². The van der Waals surface area contributed by atoms with Gasteiger partial charge in [0.25, 0.3) is 29.5 Å². The van der Waals surface area contributed by atoms with E-state index in [0.29, 0.717) is 18.7 Å². The van der Waals surface area contributed by atoms with E-state index in [1.807, 2.05) is 24.5 Å². The maximum atomic E-state index is 12.6. The SMILES string of the molecule is CCN(CC)C(=O)c1ccc(C(O)(O)NC(=O)c2cc(C(=O)NC(O)(O)c3ccccc3)ncn2)cc1. The van der Waals surface area contributed by atoms with Gasteiger partial charge in [0, 0.05) is 35.8 Å². The number of amides is 3. The van der Waals surface area contributed by atoms with Gasteiger partial charge < -0.3 is 25.3 Å². The molecular weight excluding hydrogens is 482 g/mol. The van der Waals surface area contributed by atoms with E-state index in [4.69, 9.17) is 0 Å². The van der Waals surface area contributed by atoms with Crippen LogP contribution in [0.15, 0.2) is 67.0 Å². The Morgan fingerprint density at radius 3 is 1.68 bits per heavy atom. The standard InChI is InChI=1S/C25H27N5O7/c1-3-30(4-2)23(33)16-10-12-18(13-11-16)25(36,37)29-22(32)20-14-19(26-15-27-20)21(31)28-24(34,35)17-8-6-5-7-9-17/h5-15,34-37H,3-4H2,1-2H3,(H,28,31)(H,29,32). The second-order valence-electron chi connectivity index (χ2n) is 7.96. The van der Waals surface area contributed by atoms with E-state index < -0.39 is 29.3 Å². The lowest BCUT2D eigenvalue weighted by atomic mass is 10.1. The van der Waals surface area contributed by atoms with Crippen LogP contribution in [-0.4, -0.2) is 66.1 Å². The second kappa shape index (κ2) is 11.2. The van der Waals surface area contributed by atoms with Crippen LogP contribution in [0.2, 0.25) is 0 Å². The minimum absolute atomic E-state index is 0.00877. The van der Waals surface area contributed by atoms with Crippen LogP contribution < -0.4 is 10.6 Å². The molecule has 0 aliphatic rings. The van der Waals surface area contributed by atoms with Gasteiger partial charge in [-0.2, -0.15) is 0 Å². The highest BCUT2D eigenvalue weighted by Crippen LogP contribution is 2.18. The Balaban J connectivity index is 1.72. The first-order valence-corrected chi connectivity index (χ1v) is 11.3. The molecule has 12 nitrogen and oxygen atoms in total. The highest BCUT2D eigenvalue weighted by molar-refractivity contribution is 5.97. The zero-order chi connectivity index (χ0) is 27.2. The molecule has 3 rings (SSSR count). The Hall–Kier alpha value is -4.23. The predicted octanol–water partition coefficient (Wildman–Crippen LogP) is 0.00840. The molecule has 1 aromatic heterocycles. The number of hydrogen-bond donors (Lipinski definition) is 6. The summed E-state index contributed by atoms with van der Waals surface area (Å²) in [5.74, 6) is -7.86. The van der Waals surface area contributed by atoms with Crippen molar-refractivity contribution in [2.75, 3.05) is 13.1 Å². The van der Waals surface area contributed by atoms with Crippen LogP contribution in [0.5, 0.6) is 0 Å². The van der Waals surface area contributed by atoms with Crippen molar-refractivity contribution in [1.82, 2.24) is 25.5 Å². The first-order chi connectivity index (χ1) is 17.5. The zero-order valence-electron chi connectivity index (χ0n) is 20.1.